The molecule has 1 aliphatic rings. The molecule has 0 radical (unpaired) electrons. The molecule has 1 N–H and O–H groups in total. The number of hydrogen-bond donors (Lipinski definition) is 1. The van der Waals surface area contributed by atoms with Crippen LogP contribution in [0.1, 0.15) is 35.6 Å². The summed E-state index contributed by atoms with van der Waals surface area (Å²) in [7, 11) is -0.371. The summed E-state index contributed by atoms with van der Waals surface area (Å²) in [5, 5.41) is 3.21. The summed E-state index contributed by atoms with van der Waals surface area (Å²) < 4.78 is 27.3. The Morgan fingerprint density at radius 3 is 2.24 bits per heavy atom. The summed E-state index contributed by atoms with van der Waals surface area (Å²) in [6, 6.07) is 17.8. The molecule has 1 atom stereocenters. The minimum absolute atomic E-state index is 0.0257. The van der Waals surface area contributed by atoms with E-state index >= 15 is 0 Å². The number of hydrogen-bond acceptors (Lipinski definition) is 3. The van der Waals surface area contributed by atoms with E-state index in [1.807, 2.05) is 55.5 Å². The highest BCUT2D eigenvalue weighted by molar-refractivity contribution is 7.86. The van der Waals surface area contributed by atoms with E-state index in [0.29, 0.717) is 25.9 Å². The van der Waals surface area contributed by atoms with E-state index in [-0.39, 0.29) is 17.9 Å². The Kier molecular flexibility index (Phi) is 6.72. The van der Waals surface area contributed by atoms with Crippen LogP contribution in [0.4, 0.5) is 0 Å². The van der Waals surface area contributed by atoms with Gasteiger partial charge in [0.25, 0.3) is 10.2 Å². The van der Waals surface area contributed by atoms with Gasteiger partial charge in [-0.05, 0) is 30.9 Å². The fraction of sp³-hybridized carbons (Fsp3) is 0.409. The molecule has 0 unspecified atom stereocenters. The summed E-state index contributed by atoms with van der Waals surface area (Å²) in [5.74, 6) is -0.220. The first-order chi connectivity index (χ1) is 13.8. The molecule has 2 aromatic rings. The van der Waals surface area contributed by atoms with Gasteiger partial charge >= 0.3 is 0 Å². The Labute approximate surface area is 173 Å². The quantitative estimate of drug-likeness (QED) is 0.789. The second-order valence-corrected chi connectivity index (χ2v) is 9.87. The maximum Gasteiger partial charge on any atom is 0.281 e. The molecule has 2 aromatic carbocycles. The molecule has 0 aromatic heterocycles. The predicted molar refractivity (Wildman–Crippen MR) is 115 cm³/mol. The molecule has 1 fully saturated rings. The maximum atomic E-state index is 13.0. The van der Waals surface area contributed by atoms with Crippen LogP contribution in [0.15, 0.2) is 54.6 Å². The van der Waals surface area contributed by atoms with Crippen molar-refractivity contribution in [3.8, 4) is 0 Å². The standard InChI is InChI=1S/C22H29N3O3S/c1-17-8-7-11-20(16-17)21(18-9-5-4-6-10-18)23-22(26)19-12-14-25(15-13-19)29(27,28)24(2)3/h4-11,16,19,21H,12-15H2,1-3H3,(H,23,26)/t21-/m1/s1. The van der Waals surface area contributed by atoms with E-state index in [2.05, 4.69) is 11.4 Å². The summed E-state index contributed by atoms with van der Waals surface area (Å²) in [6.07, 6.45) is 1.04. The molecule has 0 aliphatic carbocycles. The molecule has 0 saturated carbocycles. The van der Waals surface area contributed by atoms with Gasteiger partial charge in [-0.1, -0.05) is 60.2 Å². The highest BCUT2D eigenvalue weighted by atomic mass is 32.2. The Bertz CT molecular complexity index is 937. The van der Waals surface area contributed by atoms with Crippen molar-refractivity contribution in [1.82, 2.24) is 13.9 Å². The van der Waals surface area contributed by atoms with Crippen molar-refractivity contribution in [2.45, 2.75) is 25.8 Å². The van der Waals surface area contributed by atoms with E-state index in [4.69, 9.17) is 0 Å². The lowest BCUT2D eigenvalue weighted by Crippen LogP contribution is -2.47. The Morgan fingerprint density at radius 1 is 1.03 bits per heavy atom. The summed E-state index contributed by atoms with van der Waals surface area (Å²) in [4.78, 5) is 13.0. The molecule has 29 heavy (non-hydrogen) atoms. The number of amides is 1. The molecule has 7 heteroatoms. The predicted octanol–water partition coefficient (Wildman–Crippen LogP) is 2.72. The van der Waals surface area contributed by atoms with Crippen molar-refractivity contribution in [3.05, 3.63) is 71.3 Å². The first-order valence-corrected chi connectivity index (χ1v) is 11.3. The van der Waals surface area contributed by atoms with Crippen LogP contribution in [0.25, 0.3) is 0 Å². The van der Waals surface area contributed by atoms with Crippen LogP contribution in [0.2, 0.25) is 0 Å². The van der Waals surface area contributed by atoms with Gasteiger partial charge in [0.15, 0.2) is 0 Å². The molecule has 1 heterocycles. The molecule has 0 spiro atoms. The van der Waals surface area contributed by atoms with Gasteiger partial charge in [0, 0.05) is 33.1 Å². The minimum Gasteiger partial charge on any atom is -0.345 e. The summed E-state index contributed by atoms with van der Waals surface area (Å²) >= 11 is 0. The van der Waals surface area contributed by atoms with Crippen LogP contribution in [0.3, 0.4) is 0 Å². The highest BCUT2D eigenvalue weighted by Gasteiger charge is 2.33. The molecule has 6 nitrogen and oxygen atoms in total. The third-order valence-electron chi connectivity index (χ3n) is 5.41. The van der Waals surface area contributed by atoms with Crippen molar-refractivity contribution >= 4 is 16.1 Å². The zero-order chi connectivity index (χ0) is 21.0. The van der Waals surface area contributed by atoms with Gasteiger partial charge in [0.05, 0.1) is 6.04 Å². The number of aryl methyl sites for hydroxylation is 1. The smallest absolute Gasteiger partial charge is 0.281 e. The van der Waals surface area contributed by atoms with Crippen LogP contribution < -0.4 is 5.32 Å². The van der Waals surface area contributed by atoms with Gasteiger partial charge in [-0.15, -0.1) is 0 Å². The SMILES string of the molecule is Cc1cccc([C@H](NC(=O)C2CCN(S(=O)(=O)N(C)C)CC2)c2ccccc2)c1. The van der Waals surface area contributed by atoms with Crippen LogP contribution in [0, 0.1) is 12.8 Å². The molecule has 1 aliphatic heterocycles. The molecular weight excluding hydrogens is 386 g/mol. The van der Waals surface area contributed by atoms with Crippen molar-refractivity contribution in [3.63, 3.8) is 0 Å². The first kappa shape index (κ1) is 21.5. The number of nitrogens with one attached hydrogen (secondary N) is 1. The van der Waals surface area contributed by atoms with E-state index in [0.717, 1.165) is 16.7 Å². The molecule has 156 valence electrons. The monoisotopic (exact) mass is 415 g/mol. The van der Waals surface area contributed by atoms with Crippen LogP contribution >= 0.6 is 0 Å². The Morgan fingerprint density at radius 2 is 1.66 bits per heavy atom. The van der Waals surface area contributed by atoms with Gasteiger partial charge in [-0.2, -0.15) is 17.0 Å². The van der Waals surface area contributed by atoms with Crippen molar-refractivity contribution < 1.29 is 13.2 Å². The Hall–Kier alpha value is -2.22. The third kappa shape index (κ3) is 5.04. The zero-order valence-electron chi connectivity index (χ0n) is 17.2. The first-order valence-electron chi connectivity index (χ1n) is 9.88. The molecule has 1 saturated heterocycles. The van der Waals surface area contributed by atoms with Gasteiger partial charge < -0.3 is 5.32 Å². The lowest BCUT2D eigenvalue weighted by atomic mass is 9.93. The molecule has 1 amide bonds. The highest BCUT2D eigenvalue weighted by Crippen LogP contribution is 2.26. The van der Waals surface area contributed by atoms with Gasteiger partial charge in [0.2, 0.25) is 5.91 Å². The second kappa shape index (κ2) is 9.07. The van der Waals surface area contributed by atoms with E-state index in [1.165, 1.54) is 22.7 Å². The van der Waals surface area contributed by atoms with Gasteiger partial charge in [-0.3, -0.25) is 4.79 Å². The summed E-state index contributed by atoms with van der Waals surface area (Å²) in [5.41, 5.74) is 3.20. The lowest BCUT2D eigenvalue weighted by molar-refractivity contribution is -0.126. The number of piperidine rings is 1. The summed E-state index contributed by atoms with van der Waals surface area (Å²) in [6.45, 7) is 2.76. The van der Waals surface area contributed by atoms with Crippen molar-refractivity contribution in [2.24, 2.45) is 5.92 Å². The van der Waals surface area contributed by atoms with Gasteiger partial charge in [-0.25, -0.2) is 0 Å². The number of carbonyl (C=O) groups excluding carboxylic acids is 1. The average molecular weight is 416 g/mol. The van der Waals surface area contributed by atoms with Crippen molar-refractivity contribution in [1.29, 1.82) is 0 Å². The minimum atomic E-state index is -3.43. The third-order valence-corrected chi connectivity index (χ3v) is 7.35. The number of carbonyl (C=O) groups is 1. The molecule has 0 bridgehead atoms. The van der Waals surface area contributed by atoms with Crippen LogP contribution in [-0.4, -0.2) is 50.1 Å². The zero-order valence-corrected chi connectivity index (χ0v) is 18.0. The normalized spacial score (nSPS) is 17.2. The lowest BCUT2D eigenvalue weighted by Gasteiger charge is -2.33. The average Bonchev–Trinajstić information content (AvgIpc) is 2.72. The fourth-order valence-electron chi connectivity index (χ4n) is 3.69. The van der Waals surface area contributed by atoms with Crippen LogP contribution in [0.5, 0.6) is 0 Å². The van der Waals surface area contributed by atoms with E-state index < -0.39 is 10.2 Å². The van der Waals surface area contributed by atoms with Crippen molar-refractivity contribution in [2.75, 3.05) is 27.2 Å². The Balaban J connectivity index is 1.73. The largest absolute Gasteiger partial charge is 0.345 e. The topological polar surface area (TPSA) is 69.7 Å². The fourth-order valence-corrected chi connectivity index (χ4v) is 4.83. The molecular formula is C22H29N3O3S. The van der Waals surface area contributed by atoms with E-state index in [1.54, 1.807) is 0 Å². The van der Waals surface area contributed by atoms with E-state index in [9.17, 15) is 13.2 Å². The number of rotatable bonds is 6. The maximum absolute atomic E-state index is 13.0. The molecule has 3 rings (SSSR count). The van der Waals surface area contributed by atoms with Gasteiger partial charge in [0.1, 0.15) is 0 Å². The number of nitrogens with zero attached hydrogens (tertiary/aromatic N) is 2. The number of benzene rings is 2. The second-order valence-electron chi connectivity index (χ2n) is 7.73. The van der Waals surface area contributed by atoms with Crippen LogP contribution in [-0.2, 0) is 15.0 Å².